The summed E-state index contributed by atoms with van der Waals surface area (Å²) in [5.41, 5.74) is -0.392. The van der Waals surface area contributed by atoms with Crippen molar-refractivity contribution < 1.29 is 14.6 Å². The van der Waals surface area contributed by atoms with Crippen LogP contribution in [-0.4, -0.2) is 60.9 Å². The second kappa shape index (κ2) is 5.33. The third kappa shape index (κ3) is 2.97. The topological polar surface area (TPSA) is 61.8 Å². The third-order valence-electron chi connectivity index (χ3n) is 3.81. The number of aliphatic hydroxyl groups excluding tert-OH is 1. The number of aliphatic hydroxyl groups is 1. The molecule has 1 saturated heterocycles. The fourth-order valence-corrected chi connectivity index (χ4v) is 2.65. The highest BCUT2D eigenvalue weighted by atomic mass is 16.5. The number of hydrogen-bond acceptors (Lipinski definition) is 4. The lowest BCUT2D eigenvalue weighted by molar-refractivity contribution is -0.140. The first-order valence-corrected chi connectivity index (χ1v) is 6.38. The number of carbonyl (C=O) groups is 1. The maximum atomic E-state index is 12.1. The summed E-state index contributed by atoms with van der Waals surface area (Å²) in [6, 6.07) is 0. The van der Waals surface area contributed by atoms with E-state index in [4.69, 9.17) is 4.74 Å². The molecule has 1 saturated carbocycles. The normalized spacial score (nSPS) is 29.2. The highest BCUT2D eigenvalue weighted by Crippen LogP contribution is 2.29. The van der Waals surface area contributed by atoms with E-state index in [9.17, 15) is 9.90 Å². The Morgan fingerprint density at radius 1 is 1.53 bits per heavy atom. The Hall–Kier alpha value is -0.650. The van der Waals surface area contributed by atoms with Crippen LogP contribution in [0, 0.1) is 0 Å². The van der Waals surface area contributed by atoms with Crippen LogP contribution in [0.25, 0.3) is 0 Å². The van der Waals surface area contributed by atoms with E-state index < -0.39 is 11.6 Å². The van der Waals surface area contributed by atoms with Crippen LogP contribution in [-0.2, 0) is 9.53 Å². The molecule has 0 bridgehead atoms. The molecule has 2 rings (SSSR count). The van der Waals surface area contributed by atoms with Crippen molar-refractivity contribution in [3.8, 4) is 0 Å². The van der Waals surface area contributed by atoms with Gasteiger partial charge in [-0.15, -0.1) is 0 Å². The van der Waals surface area contributed by atoms with Crippen LogP contribution < -0.4 is 5.32 Å². The lowest BCUT2D eigenvalue weighted by Crippen LogP contribution is -2.56. The third-order valence-corrected chi connectivity index (χ3v) is 3.81. The number of carbonyl (C=O) groups excluding carboxylic acids is 1. The molecular formula is C12H22N2O3. The molecule has 1 atom stereocenters. The van der Waals surface area contributed by atoms with Crippen molar-refractivity contribution in [2.24, 2.45) is 0 Å². The van der Waals surface area contributed by atoms with Crippen LogP contribution in [0.4, 0.5) is 0 Å². The Morgan fingerprint density at radius 3 is 2.82 bits per heavy atom. The number of likely N-dealkylation sites (N-methyl/N-ethyl adjacent to an activating group) is 1. The molecule has 0 radical (unpaired) electrons. The Bertz CT molecular complexity index is 277. The van der Waals surface area contributed by atoms with Crippen LogP contribution in [0.2, 0.25) is 0 Å². The summed E-state index contributed by atoms with van der Waals surface area (Å²) in [5.74, 6) is -0.0764. The fourth-order valence-electron chi connectivity index (χ4n) is 2.65. The molecule has 1 aliphatic heterocycles. The molecule has 1 amide bonds. The van der Waals surface area contributed by atoms with E-state index in [1.54, 1.807) is 0 Å². The predicted molar refractivity (Wildman–Crippen MR) is 63.7 cm³/mol. The first kappa shape index (κ1) is 12.8. The molecule has 1 unspecified atom stereocenters. The average Bonchev–Trinajstić information content (AvgIpc) is 2.78. The zero-order valence-electron chi connectivity index (χ0n) is 10.4. The van der Waals surface area contributed by atoms with Gasteiger partial charge in [0.2, 0.25) is 0 Å². The molecule has 5 nitrogen and oxygen atoms in total. The van der Waals surface area contributed by atoms with Crippen molar-refractivity contribution in [2.45, 2.75) is 37.3 Å². The molecule has 0 spiro atoms. The Morgan fingerprint density at radius 2 is 2.24 bits per heavy atom. The van der Waals surface area contributed by atoms with Crippen molar-refractivity contribution in [3.05, 3.63) is 0 Å². The largest absolute Gasteiger partial charge is 0.394 e. The maximum Gasteiger partial charge on any atom is 0.250 e. The van der Waals surface area contributed by atoms with Gasteiger partial charge >= 0.3 is 0 Å². The number of hydrogen-bond donors (Lipinski definition) is 2. The summed E-state index contributed by atoms with van der Waals surface area (Å²) in [5, 5.41) is 12.4. The number of nitrogens with zero attached hydrogens (tertiary/aromatic N) is 1. The van der Waals surface area contributed by atoms with Gasteiger partial charge in [-0.2, -0.15) is 0 Å². The van der Waals surface area contributed by atoms with Gasteiger partial charge in [-0.05, 0) is 19.9 Å². The van der Waals surface area contributed by atoms with E-state index in [-0.39, 0.29) is 12.5 Å². The van der Waals surface area contributed by atoms with Crippen molar-refractivity contribution in [2.75, 3.05) is 33.4 Å². The quantitative estimate of drug-likeness (QED) is 0.716. The zero-order chi connectivity index (χ0) is 12.3. The van der Waals surface area contributed by atoms with E-state index >= 15 is 0 Å². The van der Waals surface area contributed by atoms with Gasteiger partial charge in [0.05, 0.1) is 18.8 Å². The van der Waals surface area contributed by atoms with E-state index in [0.717, 1.165) is 32.2 Å². The van der Waals surface area contributed by atoms with E-state index in [1.807, 2.05) is 7.05 Å². The Labute approximate surface area is 102 Å². The molecule has 5 heteroatoms. The van der Waals surface area contributed by atoms with E-state index in [2.05, 4.69) is 10.2 Å². The molecular weight excluding hydrogens is 220 g/mol. The molecule has 98 valence electrons. The van der Waals surface area contributed by atoms with Gasteiger partial charge in [0, 0.05) is 13.1 Å². The molecule has 0 aromatic heterocycles. The maximum absolute atomic E-state index is 12.1. The molecule has 0 aromatic rings. The number of rotatable bonds is 3. The van der Waals surface area contributed by atoms with Gasteiger partial charge in [-0.3, -0.25) is 4.79 Å². The summed E-state index contributed by atoms with van der Waals surface area (Å²) >= 11 is 0. The van der Waals surface area contributed by atoms with Crippen molar-refractivity contribution in [3.63, 3.8) is 0 Å². The monoisotopic (exact) mass is 242 g/mol. The number of morpholine rings is 1. The van der Waals surface area contributed by atoms with Crippen molar-refractivity contribution >= 4 is 5.91 Å². The van der Waals surface area contributed by atoms with Gasteiger partial charge in [0.1, 0.15) is 6.10 Å². The first-order valence-electron chi connectivity index (χ1n) is 6.38. The number of amides is 1. The highest BCUT2D eigenvalue weighted by molar-refractivity contribution is 5.82. The highest BCUT2D eigenvalue weighted by Gasteiger charge is 2.37. The Kier molecular flexibility index (Phi) is 4.01. The lowest BCUT2D eigenvalue weighted by atomic mass is 9.98. The van der Waals surface area contributed by atoms with Gasteiger partial charge in [-0.1, -0.05) is 12.8 Å². The molecule has 1 aliphatic carbocycles. The van der Waals surface area contributed by atoms with Crippen LogP contribution in [0.15, 0.2) is 0 Å². The summed E-state index contributed by atoms with van der Waals surface area (Å²) in [7, 11) is 1.99. The van der Waals surface area contributed by atoms with E-state index in [0.29, 0.717) is 13.2 Å². The molecule has 2 aliphatic rings. The second-order valence-corrected chi connectivity index (χ2v) is 5.26. The zero-order valence-corrected chi connectivity index (χ0v) is 10.4. The van der Waals surface area contributed by atoms with Crippen LogP contribution in [0.3, 0.4) is 0 Å². The van der Waals surface area contributed by atoms with E-state index in [1.165, 1.54) is 0 Å². The Balaban J connectivity index is 1.91. The number of nitrogens with one attached hydrogen (secondary N) is 1. The summed E-state index contributed by atoms with van der Waals surface area (Å²) in [6.07, 6.45) is 3.51. The minimum absolute atomic E-state index is 0.0291. The van der Waals surface area contributed by atoms with Crippen molar-refractivity contribution in [1.29, 1.82) is 0 Å². The summed E-state index contributed by atoms with van der Waals surface area (Å²) in [6.45, 7) is 2.13. The smallest absolute Gasteiger partial charge is 0.250 e. The summed E-state index contributed by atoms with van der Waals surface area (Å²) < 4.78 is 5.47. The van der Waals surface area contributed by atoms with Gasteiger partial charge in [0.25, 0.3) is 5.91 Å². The van der Waals surface area contributed by atoms with Crippen LogP contribution in [0.1, 0.15) is 25.7 Å². The molecule has 17 heavy (non-hydrogen) atoms. The predicted octanol–water partition coefficient (Wildman–Crippen LogP) is -0.262. The van der Waals surface area contributed by atoms with Gasteiger partial charge in [0.15, 0.2) is 0 Å². The SMILES string of the molecule is CN1CCOC(C(=O)NC2(CO)CCCC2)C1. The van der Waals surface area contributed by atoms with Gasteiger partial charge in [-0.25, -0.2) is 0 Å². The van der Waals surface area contributed by atoms with Crippen LogP contribution >= 0.6 is 0 Å². The first-order chi connectivity index (χ1) is 8.15. The lowest BCUT2D eigenvalue weighted by Gasteiger charge is -2.33. The second-order valence-electron chi connectivity index (χ2n) is 5.26. The minimum Gasteiger partial charge on any atom is -0.394 e. The molecule has 0 aromatic carbocycles. The standard InChI is InChI=1S/C12H22N2O3/c1-14-6-7-17-10(8-14)11(16)13-12(9-15)4-2-3-5-12/h10,15H,2-9H2,1H3,(H,13,16). The molecule has 2 fully saturated rings. The molecule has 1 heterocycles. The fraction of sp³-hybridized carbons (Fsp3) is 0.917. The number of ether oxygens (including phenoxy) is 1. The summed E-state index contributed by atoms with van der Waals surface area (Å²) in [4.78, 5) is 14.2. The average molecular weight is 242 g/mol. The van der Waals surface area contributed by atoms with Crippen LogP contribution in [0.5, 0.6) is 0 Å². The van der Waals surface area contributed by atoms with Crippen molar-refractivity contribution in [1.82, 2.24) is 10.2 Å². The van der Waals surface area contributed by atoms with Gasteiger partial charge < -0.3 is 20.1 Å². The minimum atomic E-state index is -0.392. The molecule has 2 N–H and O–H groups in total.